The number of aldehydes is 1. The summed E-state index contributed by atoms with van der Waals surface area (Å²) in [7, 11) is 0. The summed E-state index contributed by atoms with van der Waals surface area (Å²) in [4.78, 5) is 21.8. The Kier molecular flexibility index (Phi) is 2.30. The largest absolute Gasteiger partial charge is 0.458 e. The van der Waals surface area contributed by atoms with E-state index >= 15 is 0 Å². The number of carbonyl (C=O) groups excluding carboxylic acids is 2. The molecule has 0 aromatic heterocycles. The molecular weight excluding hydrogens is 204 g/mol. The summed E-state index contributed by atoms with van der Waals surface area (Å²) in [6.45, 7) is 0. The topological polar surface area (TPSA) is 43.4 Å². The smallest absolute Gasteiger partial charge is 0.313 e. The van der Waals surface area contributed by atoms with Gasteiger partial charge in [-0.1, -0.05) is 6.42 Å². The van der Waals surface area contributed by atoms with Crippen LogP contribution in [-0.2, 0) is 14.3 Å². The number of ether oxygens (including phenoxy) is 1. The third-order valence-corrected chi connectivity index (χ3v) is 4.96. The van der Waals surface area contributed by atoms with Gasteiger partial charge in [-0.25, -0.2) is 0 Å². The lowest BCUT2D eigenvalue weighted by Gasteiger charge is -2.35. The zero-order chi connectivity index (χ0) is 11.2. The molecule has 2 bridgehead atoms. The minimum absolute atomic E-state index is 0.0796. The fraction of sp³-hybridized carbons (Fsp3) is 0.846. The second-order valence-electron chi connectivity index (χ2n) is 5.61. The molecule has 0 N–H and O–H groups in total. The standard InChI is InChI=1S/C13H18O3/c14-7-5-12(15)16-13-6-4-9(8-13)10-2-1-3-11(10)13/h7,9-11H,1-6,8H2. The summed E-state index contributed by atoms with van der Waals surface area (Å²) in [5.74, 6) is 1.87. The molecule has 3 rings (SSSR count). The number of esters is 1. The van der Waals surface area contributed by atoms with Crippen LogP contribution >= 0.6 is 0 Å². The first-order valence-corrected chi connectivity index (χ1v) is 6.41. The molecular formula is C13H18O3. The predicted molar refractivity (Wildman–Crippen MR) is 57.7 cm³/mol. The second-order valence-corrected chi connectivity index (χ2v) is 5.61. The molecule has 0 amide bonds. The molecule has 0 aromatic carbocycles. The predicted octanol–water partition coefficient (Wildman–Crippen LogP) is 2.09. The van der Waals surface area contributed by atoms with Crippen molar-refractivity contribution < 1.29 is 14.3 Å². The molecule has 0 spiro atoms. The fourth-order valence-corrected chi connectivity index (χ4v) is 4.49. The van der Waals surface area contributed by atoms with Gasteiger partial charge >= 0.3 is 5.97 Å². The van der Waals surface area contributed by atoms with Gasteiger partial charge in [0.1, 0.15) is 18.3 Å². The monoisotopic (exact) mass is 222 g/mol. The van der Waals surface area contributed by atoms with Crippen molar-refractivity contribution in [2.75, 3.05) is 0 Å². The van der Waals surface area contributed by atoms with Crippen LogP contribution in [0, 0.1) is 17.8 Å². The number of hydrogen-bond donors (Lipinski definition) is 0. The van der Waals surface area contributed by atoms with Gasteiger partial charge in [0.25, 0.3) is 0 Å². The Balaban J connectivity index is 1.77. The number of hydrogen-bond acceptors (Lipinski definition) is 3. The first-order chi connectivity index (χ1) is 7.75. The molecule has 3 aliphatic rings. The SMILES string of the molecule is O=CCC(=O)OC12CCC(C1)C1CCCC12. The Hall–Kier alpha value is -0.860. The molecule has 88 valence electrons. The minimum atomic E-state index is -0.316. The molecule has 16 heavy (non-hydrogen) atoms. The van der Waals surface area contributed by atoms with Crippen LogP contribution in [-0.4, -0.2) is 17.9 Å². The van der Waals surface area contributed by atoms with Gasteiger partial charge in [-0.3, -0.25) is 4.79 Å². The minimum Gasteiger partial charge on any atom is -0.458 e. The van der Waals surface area contributed by atoms with Gasteiger partial charge in [0.15, 0.2) is 0 Å². The Morgan fingerprint density at radius 1 is 1.38 bits per heavy atom. The van der Waals surface area contributed by atoms with Gasteiger partial charge in [-0.05, 0) is 43.9 Å². The molecule has 0 radical (unpaired) electrons. The lowest BCUT2D eigenvalue weighted by atomic mass is 9.79. The summed E-state index contributed by atoms with van der Waals surface area (Å²) < 4.78 is 5.67. The van der Waals surface area contributed by atoms with Crippen LogP contribution in [0.4, 0.5) is 0 Å². The van der Waals surface area contributed by atoms with E-state index < -0.39 is 0 Å². The molecule has 3 saturated carbocycles. The van der Waals surface area contributed by atoms with Crippen molar-refractivity contribution in [2.24, 2.45) is 17.8 Å². The van der Waals surface area contributed by atoms with Gasteiger partial charge in [-0.15, -0.1) is 0 Å². The summed E-state index contributed by atoms with van der Waals surface area (Å²) in [5.41, 5.74) is -0.175. The van der Waals surface area contributed by atoms with Crippen LogP contribution in [0.1, 0.15) is 44.9 Å². The maximum absolute atomic E-state index is 11.5. The molecule has 3 nitrogen and oxygen atoms in total. The van der Waals surface area contributed by atoms with E-state index in [2.05, 4.69) is 0 Å². The van der Waals surface area contributed by atoms with Gasteiger partial charge in [-0.2, -0.15) is 0 Å². The van der Waals surface area contributed by atoms with Crippen molar-refractivity contribution in [1.82, 2.24) is 0 Å². The molecule has 0 saturated heterocycles. The Labute approximate surface area is 95.5 Å². The lowest BCUT2D eigenvalue weighted by molar-refractivity contribution is -0.164. The maximum Gasteiger partial charge on any atom is 0.313 e. The first-order valence-electron chi connectivity index (χ1n) is 6.41. The average Bonchev–Trinajstić information content (AvgIpc) is 2.87. The average molecular weight is 222 g/mol. The van der Waals surface area contributed by atoms with E-state index in [1.807, 2.05) is 0 Å². The summed E-state index contributed by atoms with van der Waals surface area (Å²) in [5, 5.41) is 0. The van der Waals surface area contributed by atoms with Crippen LogP contribution < -0.4 is 0 Å². The van der Waals surface area contributed by atoms with Crippen molar-refractivity contribution in [3.05, 3.63) is 0 Å². The van der Waals surface area contributed by atoms with Gasteiger partial charge in [0.2, 0.25) is 0 Å². The van der Waals surface area contributed by atoms with Gasteiger partial charge < -0.3 is 9.53 Å². The Bertz CT molecular complexity index is 325. The van der Waals surface area contributed by atoms with Crippen molar-refractivity contribution in [2.45, 2.75) is 50.5 Å². The zero-order valence-corrected chi connectivity index (χ0v) is 9.48. The zero-order valence-electron chi connectivity index (χ0n) is 9.48. The first kappa shape index (κ1) is 10.3. The van der Waals surface area contributed by atoms with E-state index in [0.29, 0.717) is 12.2 Å². The number of rotatable bonds is 3. The van der Waals surface area contributed by atoms with Gasteiger partial charge in [0.05, 0.1) is 0 Å². The van der Waals surface area contributed by atoms with Crippen molar-refractivity contribution in [3.63, 3.8) is 0 Å². The van der Waals surface area contributed by atoms with Crippen LogP contribution in [0.15, 0.2) is 0 Å². The van der Waals surface area contributed by atoms with Crippen molar-refractivity contribution in [3.8, 4) is 0 Å². The Morgan fingerprint density at radius 3 is 3.06 bits per heavy atom. The summed E-state index contributed by atoms with van der Waals surface area (Å²) in [6, 6.07) is 0. The highest BCUT2D eigenvalue weighted by Gasteiger charge is 2.61. The molecule has 3 fully saturated rings. The maximum atomic E-state index is 11.5. The fourth-order valence-electron chi connectivity index (χ4n) is 4.49. The van der Waals surface area contributed by atoms with E-state index in [4.69, 9.17) is 4.74 Å². The Morgan fingerprint density at radius 2 is 2.25 bits per heavy atom. The quantitative estimate of drug-likeness (QED) is 0.417. The van der Waals surface area contributed by atoms with E-state index in [1.54, 1.807) is 0 Å². The molecule has 0 aromatic rings. The highest BCUT2D eigenvalue weighted by Crippen LogP contribution is 2.62. The van der Waals surface area contributed by atoms with Crippen molar-refractivity contribution >= 4 is 12.3 Å². The molecule has 4 unspecified atom stereocenters. The molecule has 0 heterocycles. The normalized spacial score (nSPS) is 44.4. The molecule has 3 heteroatoms. The van der Waals surface area contributed by atoms with Crippen LogP contribution in [0.2, 0.25) is 0 Å². The second kappa shape index (κ2) is 3.57. The lowest BCUT2D eigenvalue weighted by Crippen LogP contribution is -2.39. The van der Waals surface area contributed by atoms with Crippen LogP contribution in [0.3, 0.4) is 0 Å². The molecule has 3 aliphatic carbocycles. The third-order valence-electron chi connectivity index (χ3n) is 4.96. The summed E-state index contributed by atoms with van der Waals surface area (Å²) >= 11 is 0. The van der Waals surface area contributed by atoms with Crippen molar-refractivity contribution in [1.29, 1.82) is 0 Å². The number of carbonyl (C=O) groups is 2. The highest BCUT2D eigenvalue weighted by atomic mass is 16.6. The third kappa shape index (κ3) is 1.33. The molecule has 0 aliphatic heterocycles. The number of fused-ring (bicyclic) bond motifs is 5. The van der Waals surface area contributed by atoms with E-state index in [-0.39, 0.29) is 18.0 Å². The van der Waals surface area contributed by atoms with Crippen LogP contribution in [0.5, 0.6) is 0 Å². The molecule has 4 atom stereocenters. The van der Waals surface area contributed by atoms with Gasteiger partial charge in [0, 0.05) is 5.92 Å². The van der Waals surface area contributed by atoms with E-state index in [9.17, 15) is 9.59 Å². The van der Waals surface area contributed by atoms with Crippen LogP contribution in [0.25, 0.3) is 0 Å². The van der Waals surface area contributed by atoms with E-state index in [1.165, 1.54) is 25.7 Å². The van der Waals surface area contributed by atoms with E-state index in [0.717, 1.165) is 24.7 Å². The summed E-state index contributed by atoms with van der Waals surface area (Å²) in [6.07, 6.45) is 7.71. The highest BCUT2D eigenvalue weighted by molar-refractivity contribution is 5.84.